The number of rotatable bonds is 8. The van der Waals surface area contributed by atoms with Crippen molar-refractivity contribution < 1.29 is 9.90 Å². The summed E-state index contributed by atoms with van der Waals surface area (Å²) in [4.78, 5) is 10.9. The van der Waals surface area contributed by atoms with E-state index < -0.39 is 5.97 Å². The Bertz CT molecular complexity index is 1350. The standard InChI is InChI=1S/C29H27N3O2/c1-5-25(26-13-9-22(17-30)15-19(26)3)29(20(4)16-24-18-31-32-27(24)6-2)23-11-7-21(8-12-23)10-14-28(33)34/h6-16,18H,2,5H2,1,3-4H3,(H,31,32)(H,33,34)/b14-10+,20-16+,29-25-. The highest BCUT2D eigenvalue weighted by Gasteiger charge is 2.15. The van der Waals surface area contributed by atoms with Gasteiger partial charge in [-0.25, -0.2) is 4.79 Å². The Hall–Kier alpha value is -4.43. The molecule has 0 aliphatic heterocycles. The number of nitriles is 1. The number of H-pyrrole nitrogens is 1. The van der Waals surface area contributed by atoms with Crippen molar-refractivity contribution in [3.63, 3.8) is 0 Å². The topological polar surface area (TPSA) is 89.8 Å². The maximum absolute atomic E-state index is 10.9. The smallest absolute Gasteiger partial charge is 0.328 e. The summed E-state index contributed by atoms with van der Waals surface area (Å²) in [6.07, 6.45) is 9.09. The Morgan fingerprint density at radius 2 is 1.97 bits per heavy atom. The molecule has 3 rings (SSSR count). The van der Waals surface area contributed by atoms with Gasteiger partial charge in [-0.3, -0.25) is 5.10 Å². The van der Waals surface area contributed by atoms with Crippen molar-refractivity contribution in [2.24, 2.45) is 0 Å². The zero-order valence-electron chi connectivity index (χ0n) is 19.6. The van der Waals surface area contributed by atoms with Gasteiger partial charge in [0.05, 0.1) is 23.5 Å². The van der Waals surface area contributed by atoms with Crippen LogP contribution in [0.2, 0.25) is 0 Å². The second-order valence-electron chi connectivity index (χ2n) is 7.91. The SMILES string of the molecule is C=Cc1[nH]ncc1/C=C(C)/C(=C(\CC)c1ccc(C#N)cc1C)c1ccc(/C=C/C(=O)O)cc1. The van der Waals surface area contributed by atoms with Gasteiger partial charge in [0.1, 0.15) is 0 Å². The number of hydrogen-bond acceptors (Lipinski definition) is 3. The lowest BCUT2D eigenvalue weighted by Gasteiger charge is -2.18. The van der Waals surface area contributed by atoms with Crippen LogP contribution in [-0.4, -0.2) is 21.3 Å². The molecule has 0 unspecified atom stereocenters. The molecular weight excluding hydrogens is 422 g/mol. The number of carbonyl (C=O) groups is 1. The third-order valence-corrected chi connectivity index (χ3v) is 5.62. The molecule has 0 amide bonds. The molecule has 5 nitrogen and oxygen atoms in total. The van der Waals surface area contributed by atoms with Crippen LogP contribution in [0.25, 0.3) is 29.4 Å². The minimum Gasteiger partial charge on any atom is -0.478 e. The summed E-state index contributed by atoms with van der Waals surface area (Å²) < 4.78 is 0. The van der Waals surface area contributed by atoms with Crippen LogP contribution < -0.4 is 0 Å². The summed E-state index contributed by atoms with van der Waals surface area (Å²) in [5.74, 6) is -0.980. The van der Waals surface area contributed by atoms with E-state index in [1.165, 1.54) is 0 Å². The predicted octanol–water partition coefficient (Wildman–Crippen LogP) is 6.75. The molecule has 2 aromatic carbocycles. The minimum absolute atomic E-state index is 0.633. The van der Waals surface area contributed by atoms with Crippen LogP contribution in [0.4, 0.5) is 0 Å². The van der Waals surface area contributed by atoms with E-state index in [4.69, 9.17) is 5.11 Å². The van der Waals surface area contributed by atoms with Crippen molar-refractivity contribution in [3.05, 3.63) is 106 Å². The number of aryl methyl sites for hydroxylation is 1. The van der Waals surface area contributed by atoms with Gasteiger partial charge in [0.25, 0.3) is 0 Å². The summed E-state index contributed by atoms with van der Waals surface area (Å²) >= 11 is 0. The van der Waals surface area contributed by atoms with E-state index in [1.807, 2.05) is 49.4 Å². The molecule has 0 saturated heterocycles. The number of aliphatic carboxylic acids is 1. The Kier molecular flexibility index (Phi) is 7.79. The van der Waals surface area contributed by atoms with Crippen LogP contribution in [0.3, 0.4) is 0 Å². The summed E-state index contributed by atoms with van der Waals surface area (Å²) in [7, 11) is 0. The van der Waals surface area contributed by atoms with Crippen molar-refractivity contribution in [2.75, 3.05) is 0 Å². The molecule has 0 atom stereocenters. The van der Waals surface area contributed by atoms with Gasteiger partial charge < -0.3 is 5.11 Å². The van der Waals surface area contributed by atoms with Crippen LogP contribution in [0.5, 0.6) is 0 Å². The number of hydrogen-bond donors (Lipinski definition) is 2. The number of nitrogens with zero attached hydrogens (tertiary/aromatic N) is 2. The second-order valence-corrected chi connectivity index (χ2v) is 7.91. The van der Waals surface area contributed by atoms with Crippen LogP contribution in [0.15, 0.2) is 66.9 Å². The highest BCUT2D eigenvalue weighted by molar-refractivity contribution is 6.01. The molecule has 5 heteroatoms. The molecule has 0 aliphatic rings. The zero-order chi connectivity index (χ0) is 24.7. The molecule has 0 aliphatic carbocycles. The Labute approximate surface area is 200 Å². The zero-order valence-corrected chi connectivity index (χ0v) is 19.6. The number of benzene rings is 2. The number of nitrogens with one attached hydrogen (secondary N) is 1. The first-order valence-electron chi connectivity index (χ1n) is 11.0. The normalized spacial score (nSPS) is 12.4. The van der Waals surface area contributed by atoms with Gasteiger partial charge in [-0.2, -0.15) is 10.4 Å². The molecule has 0 saturated carbocycles. The molecule has 34 heavy (non-hydrogen) atoms. The van der Waals surface area contributed by atoms with Crippen LogP contribution in [0.1, 0.15) is 59.3 Å². The molecular formula is C29H27N3O2. The first-order chi connectivity index (χ1) is 16.4. The number of allylic oxidation sites excluding steroid dienone is 3. The summed E-state index contributed by atoms with van der Waals surface area (Å²) in [5, 5.41) is 25.3. The average molecular weight is 450 g/mol. The van der Waals surface area contributed by atoms with E-state index in [1.54, 1.807) is 18.3 Å². The Balaban J connectivity index is 2.23. The molecule has 2 N–H and O–H groups in total. The lowest BCUT2D eigenvalue weighted by molar-refractivity contribution is -0.131. The van der Waals surface area contributed by atoms with E-state index in [2.05, 4.69) is 42.8 Å². The predicted molar refractivity (Wildman–Crippen MR) is 138 cm³/mol. The number of aromatic amines is 1. The van der Waals surface area contributed by atoms with Gasteiger partial charge in [0.15, 0.2) is 0 Å². The fourth-order valence-corrected chi connectivity index (χ4v) is 4.03. The van der Waals surface area contributed by atoms with Crippen LogP contribution in [-0.2, 0) is 4.79 Å². The average Bonchev–Trinajstić information content (AvgIpc) is 3.28. The first kappa shape index (κ1) is 24.2. The molecule has 1 aromatic heterocycles. The Morgan fingerprint density at radius 3 is 2.56 bits per heavy atom. The van der Waals surface area contributed by atoms with Crippen molar-refractivity contribution in [3.8, 4) is 6.07 Å². The number of carboxylic acid groups (broad SMARTS) is 1. The third kappa shape index (κ3) is 5.48. The van der Waals surface area contributed by atoms with Gasteiger partial charge >= 0.3 is 5.97 Å². The van der Waals surface area contributed by atoms with Gasteiger partial charge in [-0.1, -0.05) is 43.8 Å². The lowest BCUT2D eigenvalue weighted by atomic mass is 9.85. The monoisotopic (exact) mass is 449 g/mol. The van der Waals surface area contributed by atoms with Gasteiger partial charge in [-0.05, 0) is 89.6 Å². The van der Waals surface area contributed by atoms with E-state index >= 15 is 0 Å². The maximum atomic E-state index is 10.9. The summed E-state index contributed by atoms with van der Waals surface area (Å²) in [6, 6.07) is 15.8. The van der Waals surface area contributed by atoms with E-state index in [0.717, 1.165) is 62.7 Å². The highest BCUT2D eigenvalue weighted by Crippen LogP contribution is 2.37. The second kappa shape index (κ2) is 10.9. The molecule has 170 valence electrons. The number of aromatic nitrogens is 2. The third-order valence-electron chi connectivity index (χ3n) is 5.62. The summed E-state index contributed by atoms with van der Waals surface area (Å²) in [6.45, 7) is 10.1. The van der Waals surface area contributed by atoms with E-state index in [9.17, 15) is 10.1 Å². The van der Waals surface area contributed by atoms with Crippen molar-refractivity contribution in [1.29, 1.82) is 5.26 Å². The van der Waals surface area contributed by atoms with Crippen LogP contribution in [0, 0.1) is 18.3 Å². The molecule has 0 bridgehead atoms. The largest absolute Gasteiger partial charge is 0.478 e. The van der Waals surface area contributed by atoms with Gasteiger partial charge in [-0.15, -0.1) is 0 Å². The summed E-state index contributed by atoms with van der Waals surface area (Å²) in [5.41, 5.74) is 9.68. The minimum atomic E-state index is -0.980. The van der Waals surface area contributed by atoms with Crippen molar-refractivity contribution in [2.45, 2.75) is 27.2 Å². The molecule has 0 spiro atoms. The van der Waals surface area contributed by atoms with Crippen LogP contribution >= 0.6 is 0 Å². The van der Waals surface area contributed by atoms with Crippen molar-refractivity contribution in [1.82, 2.24) is 10.2 Å². The van der Waals surface area contributed by atoms with Crippen molar-refractivity contribution >= 4 is 35.3 Å². The van der Waals surface area contributed by atoms with Gasteiger partial charge in [0.2, 0.25) is 0 Å². The van der Waals surface area contributed by atoms with Gasteiger partial charge in [0, 0.05) is 11.6 Å². The first-order valence-corrected chi connectivity index (χ1v) is 11.0. The fraction of sp³-hybridized carbons (Fsp3) is 0.138. The van der Waals surface area contributed by atoms with E-state index in [-0.39, 0.29) is 0 Å². The maximum Gasteiger partial charge on any atom is 0.328 e. The Morgan fingerprint density at radius 1 is 1.24 bits per heavy atom. The quantitative estimate of drug-likeness (QED) is 0.226. The number of carboxylic acids is 1. The molecule has 0 radical (unpaired) electrons. The van der Waals surface area contributed by atoms with E-state index in [0.29, 0.717) is 5.56 Å². The lowest BCUT2D eigenvalue weighted by Crippen LogP contribution is -1.97. The molecule has 1 heterocycles. The highest BCUT2D eigenvalue weighted by atomic mass is 16.4. The molecule has 0 fully saturated rings. The molecule has 3 aromatic rings. The fourth-order valence-electron chi connectivity index (χ4n) is 4.03.